The molecule has 0 aliphatic heterocycles. The summed E-state index contributed by atoms with van der Waals surface area (Å²) in [5.74, 6) is 0.191. The van der Waals surface area contributed by atoms with Crippen molar-refractivity contribution in [1.82, 2.24) is 5.32 Å². The monoisotopic (exact) mass is 199 g/mol. The molecular weight excluding hydrogens is 178 g/mol. The van der Waals surface area contributed by atoms with Crippen LogP contribution in [0.4, 0.5) is 0 Å². The quantitative estimate of drug-likeness (QED) is 0.666. The Bertz CT molecular complexity index is 174. The van der Waals surface area contributed by atoms with Crippen molar-refractivity contribution >= 4 is 5.97 Å². The number of hydrogen-bond acceptors (Lipinski definition) is 2. The minimum absolute atomic E-state index is 0.288. The van der Waals surface area contributed by atoms with Gasteiger partial charge in [-0.05, 0) is 44.6 Å². The fraction of sp³-hybridized carbons (Fsp3) is 0.909. The average molecular weight is 199 g/mol. The predicted molar refractivity (Wildman–Crippen MR) is 56.3 cm³/mol. The van der Waals surface area contributed by atoms with Crippen LogP contribution < -0.4 is 5.32 Å². The zero-order valence-corrected chi connectivity index (χ0v) is 8.96. The number of carbonyl (C=O) groups is 1. The second kappa shape index (κ2) is 6.02. The molecule has 3 nitrogen and oxygen atoms in total. The van der Waals surface area contributed by atoms with Gasteiger partial charge in [-0.1, -0.05) is 6.92 Å². The zero-order chi connectivity index (χ0) is 10.4. The highest BCUT2D eigenvalue weighted by atomic mass is 16.4. The van der Waals surface area contributed by atoms with Crippen molar-refractivity contribution in [3.8, 4) is 0 Å². The summed E-state index contributed by atoms with van der Waals surface area (Å²) < 4.78 is 0. The highest BCUT2D eigenvalue weighted by molar-refractivity contribution is 5.66. The van der Waals surface area contributed by atoms with E-state index >= 15 is 0 Å². The highest BCUT2D eigenvalue weighted by Gasteiger charge is 2.16. The first-order valence-electron chi connectivity index (χ1n) is 5.63. The van der Waals surface area contributed by atoms with Crippen LogP contribution in [0.3, 0.4) is 0 Å². The van der Waals surface area contributed by atoms with Crippen LogP contribution in [-0.2, 0) is 4.79 Å². The molecule has 1 saturated carbocycles. The van der Waals surface area contributed by atoms with Crippen molar-refractivity contribution in [2.24, 2.45) is 5.92 Å². The molecule has 0 atom stereocenters. The average Bonchev–Trinajstić information content (AvgIpc) is 2.15. The summed E-state index contributed by atoms with van der Waals surface area (Å²) in [5, 5.41) is 11.9. The standard InChI is InChI=1S/C11H21NO2/c1-9-4-6-10(7-5-9)12-8-2-3-11(13)14/h9-10,12H,2-8H2,1H3,(H,13,14). The van der Waals surface area contributed by atoms with E-state index in [1.54, 1.807) is 0 Å². The Labute approximate surface area is 85.9 Å². The Kier molecular flexibility index (Phi) is 4.94. The molecule has 0 radical (unpaired) electrons. The third kappa shape index (κ3) is 4.61. The highest BCUT2D eigenvalue weighted by Crippen LogP contribution is 2.23. The van der Waals surface area contributed by atoms with Crippen molar-refractivity contribution in [1.29, 1.82) is 0 Å². The van der Waals surface area contributed by atoms with E-state index in [2.05, 4.69) is 12.2 Å². The zero-order valence-electron chi connectivity index (χ0n) is 8.96. The molecule has 3 heteroatoms. The molecule has 1 fully saturated rings. The molecule has 1 aliphatic carbocycles. The van der Waals surface area contributed by atoms with Crippen molar-refractivity contribution in [3.05, 3.63) is 0 Å². The van der Waals surface area contributed by atoms with Gasteiger partial charge in [0.1, 0.15) is 0 Å². The lowest BCUT2D eigenvalue weighted by molar-refractivity contribution is -0.137. The molecule has 0 aromatic rings. The van der Waals surface area contributed by atoms with E-state index in [9.17, 15) is 4.79 Å². The number of nitrogens with one attached hydrogen (secondary N) is 1. The van der Waals surface area contributed by atoms with Gasteiger partial charge in [0.15, 0.2) is 0 Å². The van der Waals surface area contributed by atoms with Crippen molar-refractivity contribution in [3.63, 3.8) is 0 Å². The van der Waals surface area contributed by atoms with Gasteiger partial charge in [0.25, 0.3) is 0 Å². The van der Waals surface area contributed by atoms with E-state index in [0.29, 0.717) is 6.04 Å². The molecule has 0 saturated heterocycles. The molecule has 0 aromatic carbocycles. The van der Waals surface area contributed by atoms with E-state index in [4.69, 9.17) is 5.11 Å². The molecule has 0 heterocycles. The molecule has 0 spiro atoms. The van der Waals surface area contributed by atoms with Gasteiger partial charge in [-0.15, -0.1) is 0 Å². The summed E-state index contributed by atoms with van der Waals surface area (Å²) in [6.07, 6.45) is 6.19. The van der Waals surface area contributed by atoms with Gasteiger partial charge in [-0.25, -0.2) is 0 Å². The molecule has 1 aliphatic rings. The minimum atomic E-state index is -0.691. The predicted octanol–water partition coefficient (Wildman–Crippen LogP) is 2.02. The van der Waals surface area contributed by atoms with Gasteiger partial charge in [0.2, 0.25) is 0 Å². The Balaban J connectivity index is 1.99. The van der Waals surface area contributed by atoms with Crippen LogP contribution in [-0.4, -0.2) is 23.7 Å². The molecule has 0 amide bonds. The third-order valence-electron chi connectivity index (χ3n) is 3.02. The second-order valence-electron chi connectivity index (χ2n) is 4.41. The maximum atomic E-state index is 10.3. The number of aliphatic carboxylic acids is 1. The van der Waals surface area contributed by atoms with E-state index in [-0.39, 0.29) is 6.42 Å². The van der Waals surface area contributed by atoms with Crippen LogP contribution in [0.2, 0.25) is 0 Å². The summed E-state index contributed by atoms with van der Waals surface area (Å²) in [7, 11) is 0. The Morgan fingerprint density at radius 3 is 2.57 bits per heavy atom. The van der Waals surface area contributed by atoms with Gasteiger partial charge in [-0.3, -0.25) is 4.79 Å². The lowest BCUT2D eigenvalue weighted by Crippen LogP contribution is -2.33. The van der Waals surface area contributed by atoms with Crippen LogP contribution in [0.1, 0.15) is 45.4 Å². The Morgan fingerprint density at radius 2 is 2.00 bits per heavy atom. The van der Waals surface area contributed by atoms with Crippen LogP contribution >= 0.6 is 0 Å². The number of hydrogen-bond donors (Lipinski definition) is 2. The molecule has 0 bridgehead atoms. The van der Waals surface area contributed by atoms with Crippen LogP contribution in [0.15, 0.2) is 0 Å². The molecule has 0 aromatic heterocycles. The maximum absolute atomic E-state index is 10.3. The van der Waals surface area contributed by atoms with Gasteiger partial charge < -0.3 is 10.4 Å². The van der Waals surface area contributed by atoms with Gasteiger partial charge in [0, 0.05) is 12.5 Å². The molecule has 0 unspecified atom stereocenters. The number of carboxylic acid groups (broad SMARTS) is 1. The van der Waals surface area contributed by atoms with Crippen LogP contribution in [0, 0.1) is 5.92 Å². The summed E-state index contributed by atoms with van der Waals surface area (Å²) >= 11 is 0. The lowest BCUT2D eigenvalue weighted by atomic mass is 9.87. The normalized spacial score (nSPS) is 27.5. The van der Waals surface area contributed by atoms with Crippen molar-refractivity contribution < 1.29 is 9.90 Å². The Hall–Kier alpha value is -0.570. The summed E-state index contributed by atoms with van der Waals surface area (Å²) in [6.45, 7) is 3.16. The summed E-state index contributed by atoms with van der Waals surface area (Å²) in [6, 6.07) is 0.639. The minimum Gasteiger partial charge on any atom is -0.481 e. The molecule has 1 rings (SSSR count). The van der Waals surface area contributed by atoms with Crippen LogP contribution in [0.5, 0.6) is 0 Å². The van der Waals surface area contributed by atoms with Gasteiger partial charge in [0.05, 0.1) is 0 Å². The van der Waals surface area contributed by atoms with E-state index < -0.39 is 5.97 Å². The molecule has 82 valence electrons. The van der Waals surface area contributed by atoms with E-state index in [0.717, 1.165) is 18.9 Å². The SMILES string of the molecule is CC1CCC(NCCCC(=O)O)CC1. The third-order valence-corrected chi connectivity index (χ3v) is 3.02. The molecule has 2 N–H and O–H groups in total. The number of carboxylic acids is 1. The van der Waals surface area contributed by atoms with Crippen molar-refractivity contribution in [2.45, 2.75) is 51.5 Å². The topological polar surface area (TPSA) is 49.3 Å². The summed E-state index contributed by atoms with van der Waals surface area (Å²) in [5.41, 5.74) is 0. The first-order chi connectivity index (χ1) is 6.68. The first kappa shape index (κ1) is 11.5. The Morgan fingerprint density at radius 1 is 1.36 bits per heavy atom. The van der Waals surface area contributed by atoms with Crippen LogP contribution in [0.25, 0.3) is 0 Å². The van der Waals surface area contributed by atoms with Crippen molar-refractivity contribution in [2.75, 3.05) is 6.54 Å². The molecule has 14 heavy (non-hydrogen) atoms. The lowest BCUT2D eigenvalue weighted by Gasteiger charge is -2.26. The maximum Gasteiger partial charge on any atom is 0.303 e. The van der Waals surface area contributed by atoms with Gasteiger partial charge in [-0.2, -0.15) is 0 Å². The van der Waals surface area contributed by atoms with Gasteiger partial charge >= 0.3 is 5.97 Å². The molecular formula is C11H21NO2. The largest absolute Gasteiger partial charge is 0.481 e. The smallest absolute Gasteiger partial charge is 0.303 e. The second-order valence-corrected chi connectivity index (χ2v) is 4.41. The summed E-state index contributed by atoms with van der Waals surface area (Å²) in [4.78, 5) is 10.3. The fourth-order valence-electron chi connectivity index (χ4n) is 2.01. The fourth-order valence-corrected chi connectivity index (χ4v) is 2.01. The van der Waals surface area contributed by atoms with E-state index in [1.807, 2.05) is 0 Å². The number of rotatable bonds is 5. The van der Waals surface area contributed by atoms with E-state index in [1.165, 1.54) is 25.7 Å². The first-order valence-corrected chi connectivity index (χ1v) is 5.63.